The molecule has 0 saturated carbocycles. The number of aromatic nitrogens is 1. The molecule has 0 bridgehead atoms. The van der Waals surface area contributed by atoms with Crippen molar-refractivity contribution < 1.29 is 9.47 Å². The highest BCUT2D eigenvalue weighted by Crippen LogP contribution is 2.36. The van der Waals surface area contributed by atoms with Crippen molar-refractivity contribution in [3.05, 3.63) is 59.2 Å². The average molecular weight is 420 g/mol. The smallest absolute Gasteiger partial charge is 0.231 e. The molecule has 0 atom stereocenters. The maximum absolute atomic E-state index is 5.56. The molecule has 154 valence electrons. The fraction of sp³-hybridized carbons (Fsp3) is 0.333. The molecule has 6 heteroatoms. The molecule has 5 nitrogen and oxygen atoms in total. The van der Waals surface area contributed by atoms with E-state index >= 15 is 0 Å². The van der Waals surface area contributed by atoms with Gasteiger partial charge in [-0.2, -0.15) is 0 Å². The molecule has 30 heavy (non-hydrogen) atoms. The second-order valence-electron chi connectivity index (χ2n) is 8.31. The summed E-state index contributed by atoms with van der Waals surface area (Å²) < 4.78 is 11.0. The van der Waals surface area contributed by atoms with Crippen molar-refractivity contribution >= 4 is 27.8 Å². The van der Waals surface area contributed by atoms with Gasteiger partial charge >= 0.3 is 0 Å². The molecule has 2 aromatic carbocycles. The summed E-state index contributed by atoms with van der Waals surface area (Å²) in [6.07, 6.45) is 0. The third-order valence-corrected chi connectivity index (χ3v) is 6.35. The molecule has 0 radical (unpaired) electrons. The Morgan fingerprint density at radius 3 is 2.83 bits per heavy atom. The van der Waals surface area contributed by atoms with E-state index in [-0.39, 0.29) is 0 Å². The Balaban J connectivity index is 1.49. The van der Waals surface area contributed by atoms with E-state index in [4.69, 9.17) is 19.5 Å². The molecule has 5 rings (SSSR count). The van der Waals surface area contributed by atoms with Crippen molar-refractivity contribution in [3.63, 3.8) is 0 Å². The number of nitrogens with zero attached hydrogens (tertiary/aromatic N) is 3. The quantitative estimate of drug-likeness (QED) is 0.567. The van der Waals surface area contributed by atoms with Crippen LogP contribution in [-0.4, -0.2) is 28.4 Å². The zero-order valence-electron chi connectivity index (χ0n) is 17.5. The summed E-state index contributed by atoms with van der Waals surface area (Å²) in [5, 5.41) is 3.29. The largest absolute Gasteiger partial charge is 0.454 e. The van der Waals surface area contributed by atoms with E-state index in [2.05, 4.69) is 62.1 Å². The zero-order chi connectivity index (χ0) is 20.7. The third kappa shape index (κ3) is 3.84. The average Bonchev–Trinajstić information content (AvgIpc) is 3.18. The highest BCUT2D eigenvalue weighted by Gasteiger charge is 2.25. The number of fused-ring (bicyclic) bond motifs is 3. The lowest BCUT2D eigenvalue weighted by Gasteiger charge is -2.31. The maximum atomic E-state index is 5.56. The SMILES string of the molecule is Cc1ccc2cc3c(nc2c1)SC(=NCC(C)C)N(Cc1ccc2c(c1)OCO2)C3. The Bertz CT molecular complexity index is 1140. The van der Waals surface area contributed by atoms with E-state index in [1.54, 1.807) is 11.8 Å². The van der Waals surface area contributed by atoms with Crippen molar-refractivity contribution in [2.45, 2.75) is 38.9 Å². The number of aryl methyl sites for hydroxylation is 1. The summed E-state index contributed by atoms with van der Waals surface area (Å²) in [7, 11) is 0. The Morgan fingerprint density at radius 1 is 1.10 bits per heavy atom. The Labute approximate surface area is 181 Å². The van der Waals surface area contributed by atoms with Crippen LogP contribution in [0.25, 0.3) is 10.9 Å². The Morgan fingerprint density at radius 2 is 1.97 bits per heavy atom. The van der Waals surface area contributed by atoms with E-state index in [1.807, 2.05) is 6.07 Å². The van der Waals surface area contributed by atoms with Crippen LogP contribution in [0.15, 0.2) is 52.5 Å². The van der Waals surface area contributed by atoms with Gasteiger partial charge in [-0.1, -0.05) is 32.0 Å². The molecule has 0 saturated heterocycles. The number of hydrogen-bond acceptors (Lipinski definition) is 5. The van der Waals surface area contributed by atoms with Gasteiger partial charge in [-0.25, -0.2) is 4.98 Å². The Hall–Kier alpha value is -2.73. The molecular weight excluding hydrogens is 394 g/mol. The first-order chi connectivity index (χ1) is 14.5. The zero-order valence-corrected chi connectivity index (χ0v) is 18.3. The first kappa shape index (κ1) is 19.2. The van der Waals surface area contributed by atoms with Crippen LogP contribution in [0.5, 0.6) is 11.5 Å². The summed E-state index contributed by atoms with van der Waals surface area (Å²) in [5.41, 5.74) is 4.72. The van der Waals surface area contributed by atoms with Crippen LogP contribution in [-0.2, 0) is 13.1 Å². The third-order valence-electron chi connectivity index (χ3n) is 5.23. The molecule has 2 aliphatic rings. The van der Waals surface area contributed by atoms with E-state index < -0.39 is 0 Å². The number of benzene rings is 2. The van der Waals surface area contributed by atoms with E-state index in [0.717, 1.165) is 46.8 Å². The van der Waals surface area contributed by atoms with Crippen molar-refractivity contribution in [2.24, 2.45) is 10.9 Å². The first-order valence-corrected chi connectivity index (χ1v) is 11.1. The number of aliphatic imine (C=N–C) groups is 1. The Kier molecular flexibility index (Phi) is 5.03. The second kappa shape index (κ2) is 7.84. The van der Waals surface area contributed by atoms with Gasteiger partial charge in [-0.3, -0.25) is 4.99 Å². The minimum atomic E-state index is 0.297. The van der Waals surface area contributed by atoms with Gasteiger partial charge in [0.15, 0.2) is 16.7 Å². The van der Waals surface area contributed by atoms with Crippen molar-refractivity contribution in [2.75, 3.05) is 13.3 Å². The molecule has 0 unspecified atom stereocenters. The van der Waals surface area contributed by atoms with Crippen LogP contribution in [0, 0.1) is 12.8 Å². The van der Waals surface area contributed by atoms with Crippen LogP contribution in [0.4, 0.5) is 0 Å². The number of hydrogen-bond donors (Lipinski definition) is 0. The minimum Gasteiger partial charge on any atom is -0.454 e. The fourth-order valence-electron chi connectivity index (χ4n) is 3.71. The van der Waals surface area contributed by atoms with Crippen LogP contribution >= 0.6 is 11.8 Å². The molecule has 0 amide bonds. The predicted molar refractivity (Wildman–Crippen MR) is 121 cm³/mol. The molecule has 0 spiro atoms. The maximum Gasteiger partial charge on any atom is 0.231 e. The lowest BCUT2D eigenvalue weighted by atomic mass is 10.1. The van der Waals surface area contributed by atoms with Gasteiger partial charge in [0.25, 0.3) is 0 Å². The number of rotatable bonds is 4. The topological polar surface area (TPSA) is 47.0 Å². The summed E-state index contributed by atoms with van der Waals surface area (Å²) in [6, 6.07) is 14.9. The number of amidine groups is 1. The van der Waals surface area contributed by atoms with Gasteiger partial charge in [0.1, 0.15) is 5.03 Å². The summed E-state index contributed by atoms with van der Waals surface area (Å²) >= 11 is 1.68. The fourth-order valence-corrected chi connectivity index (χ4v) is 4.67. The summed E-state index contributed by atoms with van der Waals surface area (Å²) in [4.78, 5) is 12.2. The van der Waals surface area contributed by atoms with Crippen molar-refractivity contribution in [3.8, 4) is 11.5 Å². The van der Waals surface area contributed by atoms with Gasteiger partial charge in [-0.05, 0) is 60.0 Å². The molecule has 1 aromatic heterocycles. The summed E-state index contributed by atoms with van der Waals surface area (Å²) in [6.45, 7) is 9.17. The molecular formula is C24H25N3O2S. The lowest BCUT2D eigenvalue weighted by Crippen LogP contribution is -2.32. The van der Waals surface area contributed by atoms with Gasteiger partial charge in [-0.15, -0.1) is 0 Å². The van der Waals surface area contributed by atoms with Gasteiger partial charge in [0, 0.05) is 30.6 Å². The van der Waals surface area contributed by atoms with E-state index in [9.17, 15) is 0 Å². The van der Waals surface area contributed by atoms with Gasteiger partial charge in [0.2, 0.25) is 6.79 Å². The van der Waals surface area contributed by atoms with E-state index in [0.29, 0.717) is 12.7 Å². The highest BCUT2D eigenvalue weighted by molar-refractivity contribution is 8.13. The standard InChI is InChI=1S/C24H25N3O2S/c1-15(2)11-25-24-27(12-17-5-7-21-22(9-17)29-14-28-21)13-19-10-18-6-4-16(3)8-20(18)26-23(19)30-24/h4-10,15H,11-14H2,1-3H3. The molecule has 3 heterocycles. The van der Waals surface area contributed by atoms with Crippen LogP contribution in [0.2, 0.25) is 0 Å². The predicted octanol–water partition coefficient (Wildman–Crippen LogP) is 5.39. The van der Waals surface area contributed by atoms with Crippen molar-refractivity contribution in [1.29, 1.82) is 0 Å². The van der Waals surface area contributed by atoms with Gasteiger partial charge in [0.05, 0.1) is 5.52 Å². The van der Waals surface area contributed by atoms with Gasteiger partial charge < -0.3 is 14.4 Å². The summed E-state index contributed by atoms with van der Waals surface area (Å²) in [5.74, 6) is 2.15. The highest BCUT2D eigenvalue weighted by atomic mass is 32.2. The number of pyridine rings is 1. The molecule has 0 N–H and O–H groups in total. The molecule has 2 aliphatic heterocycles. The number of thioether (sulfide) groups is 1. The van der Waals surface area contributed by atoms with Crippen molar-refractivity contribution in [1.82, 2.24) is 9.88 Å². The lowest BCUT2D eigenvalue weighted by molar-refractivity contribution is 0.174. The molecule has 0 aliphatic carbocycles. The normalized spacial score (nSPS) is 16.5. The number of ether oxygens (including phenoxy) is 2. The van der Waals surface area contributed by atoms with Crippen LogP contribution < -0.4 is 9.47 Å². The van der Waals surface area contributed by atoms with Crippen LogP contribution in [0.3, 0.4) is 0 Å². The van der Waals surface area contributed by atoms with Crippen LogP contribution in [0.1, 0.15) is 30.5 Å². The van der Waals surface area contributed by atoms with E-state index in [1.165, 1.54) is 22.1 Å². The molecule has 3 aromatic rings. The minimum absolute atomic E-state index is 0.297. The monoisotopic (exact) mass is 419 g/mol. The second-order valence-corrected chi connectivity index (χ2v) is 9.27. The molecule has 0 fully saturated rings. The first-order valence-electron chi connectivity index (χ1n) is 10.3.